The Morgan fingerprint density at radius 2 is 2.23 bits per heavy atom. The summed E-state index contributed by atoms with van der Waals surface area (Å²) >= 11 is 0. The molecule has 0 spiro atoms. The average molecular weight is 176 g/mol. The molecule has 4 heteroatoms. The van der Waals surface area contributed by atoms with Gasteiger partial charge in [0.15, 0.2) is 0 Å². The summed E-state index contributed by atoms with van der Waals surface area (Å²) in [7, 11) is 0. The standard InChI is InChI=1S/C9H12N4/c1-2-9(3-5-10-6-4-9)13-8-7-11-12-13/h1,7-8,10H,3-6H2. The molecule has 1 aliphatic heterocycles. The summed E-state index contributed by atoms with van der Waals surface area (Å²) in [6.07, 6.45) is 10.9. The monoisotopic (exact) mass is 176 g/mol. The highest BCUT2D eigenvalue weighted by molar-refractivity contribution is 5.11. The fourth-order valence-corrected chi connectivity index (χ4v) is 1.72. The molecular weight excluding hydrogens is 164 g/mol. The number of terminal acetylenes is 1. The predicted octanol–water partition coefficient (Wildman–Crippen LogP) is -0.0100. The van der Waals surface area contributed by atoms with Crippen molar-refractivity contribution in [3.63, 3.8) is 0 Å². The molecule has 13 heavy (non-hydrogen) atoms. The van der Waals surface area contributed by atoms with Gasteiger partial charge >= 0.3 is 0 Å². The molecule has 0 radical (unpaired) electrons. The lowest BCUT2D eigenvalue weighted by Crippen LogP contribution is -2.43. The van der Waals surface area contributed by atoms with Crippen molar-refractivity contribution in [1.29, 1.82) is 0 Å². The van der Waals surface area contributed by atoms with Crippen molar-refractivity contribution >= 4 is 0 Å². The molecule has 0 aromatic carbocycles. The van der Waals surface area contributed by atoms with Crippen LogP contribution in [0.3, 0.4) is 0 Å². The minimum absolute atomic E-state index is 0.248. The van der Waals surface area contributed by atoms with Crippen LogP contribution >= 0.6 is 0 Å². The maximum absolute atomic E-state index is 5.56. The maximum Gasteiger partial charge on any atom is 0.126 e. The summed E-state index contributed by atoms with van der Waals surface area (Å²) in [5, 5.41) is 11.0. The zero-order valence-corrected chi connectivity index (χ0v) is 7.40. The Morgan fingerprint density at radius 3 is 2.77 bits per heavy atom. The SMILES string of the molecule is C#CC1(n2ccnn2)CCNCC1. The zero-order chi connectivity index (χ0) is 9.15. The van der Waals surface area contributed by atoms with Gasteiger partial charge in [0.1, 0.15) is 5.54 Å². The molecular formula is C9H12N4. The van der Waals surface area contributed by atoms with Crippen molar-refractivity contribution in [3.8, 4) is 12.3 Å². The third-order valence-corrected chi connectivity index (χ3v) is 2.56. The molecule has 0 aliphatic carbocycles. The third kappa shape index (κ3) is 1.31. The van der Waals surface area contributed by atoms with E-state index in [1.165, 1.54) is 0 Å². The summed E-state index contributed by atoms with van der Waals surface area (Å²) in [6, 6.07) is 0. The van der Waals surface area contributed by atoms with E-state index >= 15 is 0 Å². The predicted molar refractivity (Wildman–Crippen MR) is 48.9 cm³/mol. The second-order valence-corrected chi connectivity index (χ2v) is 3.27. The van der Waals surface area contributed by atoms with Gasteiger partial charge in [0.2, 0.25) is 0 Å². The lowest BCUT2D eigenvalue weighted by atomic mass is 9.89. The van der Waals surface area contributed by atoms with E-state index in [1.807, 2.05) is 6.20 Å². The van der Waals surface area contributed by atoms with Gasteiger partial charge in [-0.2, -0.15) is 0 Å². The number of hydrogen-bond donors (Lipinski definition) is 1. The molecule has 0 unspecified atom stereocenters. The number of piperidine rings is 1. The Kier molecular flexibility index (Phi) is 2.03. The average Bonchev–Trinajstić information content (AvgIpc) is 2.72. The van der Waals surface area contributed by atoms with Crippen molar-refractivity contribution in [3.05, 3.63) is 12.4 Å². The van der Waals surface area contributed by atoms with E-state index < -0.39 is 0 Å². The molecule has 1 aliphatic rings. The minimum atomic E-state index is -0.248. The normalized spacial score (nSPS) is 20.8. The molecule has 1 saturated heterocycles. The Hall–Kier alpha value is -1.34. The van der Waals surface area contributed by atoms with Gasteiger partial charge in [-0.25, -0.2) is 4.68 Å². The van der Waals surface area contributed by atoms with Crippen molar-refractivity contribution in [2.45, 2.75) is 18.4 Å². The maximum atomic E-state index is 5.56. The van der Waals surface area contributed by atoms with Crippen LogP contribution in [-0.4, -0.2) is 28.1 Å². The quantitative estimate of drug-likeness (QED) is 0.612. The highest BCUT2D eigenvalue weighted by Gasteiger charge is 2.32. The molecule has 2 rings (SSSR count). The van der Waals surface area contributed by atoms with Crippen molar-refractivity contribution in [2.75, 3.05) is 13.1 Å². The summed E-state index contributed by atoms with van der Waals surface area (Å²) in [5.74, 6) is 2.84. The van der Waals surface area contributed by atoms with Gasteiger partial charge in [-0.3, -0.25) is 0 Å². The van der Waals surface area contributed by atoms with E-state index in [0.717, 1.165) is 25.9 Å². The van der Waals surface area contributed by atoms with E-state index in [-0.39, 0.29) is 5.54 Å². The van der Waals surface area contributed by atoms with E-state index in [4.69, 9.17) is 6.42 Å². The van der Waals surface area contributed by atoms with Crippen LogP contribution in [0.1, 0.15) is 12.8 Å². The largest absolute Gasteiger partial charge is 0.316 e. The molecule has 68 valence electrons. The Labute approximate surface area is 77.3 Å². The number of nitrogens with zero attached hydrogens (tertiary/aromatic N) is 3. The second kappa shape index (κ2) is 3.19. The molecule has 0 saturated carbocycles. The molecule has 1 N–H and O–H groups in total. The van der Waals surface area contributed by atoms with E-state index in [1.54, 1.807) is 10.9 Å². The summed E-state index contributed by atoms with van der Waals surface area (Å²) in [4.78, 5) is 0. The molecule has 0 atom stereocenters. The van der Waals surface area contributed by atoms with Gasteiger partial charge in [-0.05, 0) is 25.9 Å². The van der Waals surface area contributed by atoms with Crippen molar-refractivity contribution < 1.29 is 0 Å². The number of rotatable bonds is 1. The second-order valence-electron chi connectivity index (χ2n) is 3.27. The first-order valence-electron chi connectivity index (χ1n) is 4.43. The topological polar surface area (TPSA) is 42.7 Å². The first-order valence-corrected chi connectivity index (χ1v) is 4.43. The van der Waals surface area contributed by atoms with Gasteiger partial charge in [0, 0.05) is 6.20 Å². The first kappa shape index (κ1) is 8.27. The fraction of sp³-hybridized carbons (Fsp3) is 0.556. The van der Waals surface area contributed by atoms with Crippen molar-refractivity contribution in [2.24, 2.45) is 0 Å². The van der Waals surface area contributed by atoms with E-state index in [0.29, 0.717) is 0 Å². The molecule has 2 heterocycles. The Balaban J connectivity index is 2.30. The smallest absolute Gasteiger partial charge is 0.126 e. The summed E-state index contributed by atoms with van der Waals surface area (Å²) in [6.45, 7) is 1.90. The third-order valence-electron chi connectivity index (χ3n) is 2.56. The highest BCUT2D eigenvalue weighted by atomic mass is 15.4. The van der Waals surface area contributed by atoms with Crippen molar-refractivity contribution in [1.82, 2.24) is 20.3 Å². The fourth-order valence-electron chi connectivity index (χ4n) is 1.72. The van der Waals surface area contributed by atoms with Gasteiger partial charge in [-0.15, -0.1) is 11.5 Å². The molecule has 1 aromatic rings. The first-order chi connectivity index (χ1) is 6.37. The number of hydrogen-bond acceptors (Lipinski definition) is 3. The van der Waals surface area contributed by atoms with Gasteiger partial charge < -0.3 is 5.32 Å². The van der Waals surface area contributed by atoms with Crippen LogP contribution in [0.15, 0.2) is 12.4 Å². The Morgan fingerprint density at radius 1 is 1.46 bits per heavy atom. The molecule has 4 nitrogen and oxygen atoms in total. The van der Waals surface area contributed by atoms with Crippen LogP contribution in [0.5, 0.6) is 0 Å². The Bertz CT molecular complexity index is 303. The van der Waals surface area contributed by atoms with E-state index in [2.05, 4.69) is 21.5 Å². The van der Waals surface area contributed by atoms with Crippen LogP contribution in [-0.2, 0) is 5.54 Å². The number of aromatic nitrogens is 3. The van der Waals surface area contributed by atoms with Crippen LogP contribution in [0.4, 0.5) is 0 Å². The van der Waals surface area contributed by atoms with E-state index in [9.17, 15) is 0 Å². The van der Waals surface area contributed by atoms with Crippen LogP contribution < -0.4 is 5.32 Å². The number of nitrogens with one attached hydrogen (secondary N) is 1. The lowest BCUT2D eigenvalue weighted by molar-refractivity contribution is 0.255. The minimum Gasteiger partial charge on any atom is -0.316 e. The molecule has 0 bridgehead atoms. The molecule has 0 amide bonds. The molecule has 1 aromatic heterocycles. The van der Waals surface area contributed by atoms with Crippen LogP contribution in [0, 0.1) is 12.3 Å². The van der Waals surface area contributed by atoms with Gasteiger partial charge in [0.25, 0.3) is 0 Å². The molecule has 1 fully saturated rings. The summed E-state index contributed by atoms with van der Waals surface area (Å²) in [5.41, 5.74) is -0.248. The zero-order valence-electron chi connectivity index (χ0n) is 7.40. The van der Waals surface area contributed by atoms with Crippen LogP contribution in [0.2, 0.25) is 0 Å². The van der Waals surface area contributed by atoms with Gasteiger partial charge in [-0.1, -0.05) is 11.1 Å². The summed E-state index contributed by atoms with van der Waals surface area (Å²) < 4.78 is 1.80. The highest BCUT2D eigenvalue weighted by Crippen LogP contribution is 2.24. The van der Waals surface area contributed by atoms with Gasteiger partial charge in [0.05, 0.1) is 6.20 Å². The lowest BCUT2D eigenvalue weighted by Gasteiger charge is -2.32. The van der Waals surface area contributed by atoms with Crippen LogP contribution in [0.25, 0.3) is 0 Å².